The maximum atomic E-state index is 6.42. The minimum absolute atomic E-state index is 0.328. The molecule has 3 atom stereocenters. The predicted molar refractivity (Wildman–Crippen MR) is 160 cm³/mol. The molecule has 5 rings (SSSR count). The summed E-state index contributed by atoms with van der Waals surface area (Å²) in [5.41, 5.74) is 12.0. The second-order valence-corrected chi connectivity index (χ2v) is 12.0. The fourth-order valence-electron chi connectivity index (χ4n) is 6.49. The molecule has 1 heterocycles. The van der Waals surface area contributed by atoms with Crippen LogP contribution in [0.25, 0.3) is 0 Å². The number of nitrogen functional groups attached to an aromatic ring is 1. The van der Waals surface area contributed by atoms with Gasteiger partial charge in [0.05, 0.1) is 11.4 Å². The van der Waals surface area contributed by atoms with E-state index in [4.69, 9.17) is 29.6 Å². The molecule has 2 saturated carbocycles. The number of nitrogens with zero attached hydrogens (tertiary/aromatic N) is 3. The summed E-state index contributed by atoms with van der Waals surface area (Å²) in [6, 6.07) is 13.4. The number of fused-ring (bicyclic) bond motifs is 1. The monoisotopic (exact) mass is 523 g/mol. The lowest BCUT2D eigenvalue weighted by atomic mass is 9.87. The highest BCUT2D eigenvalue weighted by Crippen LogP contribution is 2.65. The van der Waals surface area contributed by atoms with Gasteiger partial charge in [0.15, 0.2) is 5.11 Å². The summed E-state index contributed by atoms with van der Waals surface area (Å²) in [7, 11) is 4.41. The van der Waals surface area contributed by atoms with Gasteiger partial charge in [-0.15, -0.1) is 0 Å². The first-order chi connectivity index (χ1) is 17.3. The summed E-state index contributed by atoms with van der Waals surface area (Å²) in [6.45, 7) is 8.67. The first-order valence-corrected chi connectivity index (χ1v) is 14.2. The Labute approximate surface area is 227 Å². The average molecular weight is 524 g/mol. The highest BCUT2D eigenvalue weighted by molar-refractivity contribution is 7.80. The molecule has 36 heavy (non-hydrogen) atoms. The molecular formula is C28H39BClN5S. The molecule has 0 aromatic heterocycles. The highest BCUT2D eigenvalue weighted by Gasteiger charge is 2.63. The van der Waals surface area contributed by atoms with Crippen LogP contribution < -0.4 is 16.5 Å². The third-order valence-corrected chi connectivity index (χ3v) is 9.52. The number of nitrogens with one attached hydrogen (secondary N) is 1. The fraction of sp³-hybridized carbons (Fsp3) is 0.536. The Morgan fingerprint density at radius 3 is 2.75 bits per heavy atom. The van der Waals surface area contributed by atoms with E-state index >= 15 is 0 Å². The lowest BCUT2D eigenvalue weighted by Gasteiger charge is -2.35. The smallest absolute Gasteiger partial charge is 0.173 e. The third kappa shape index (κ3) is 5.26. The van der Waals surface area contributed by atoms with Crippen LogP contribution in [-0.2, 0) is 5.41 Å². The number of hydrogen-bond donors (Lipinski definition) is 2. The average Bonchev–Trinajstić information content (AvgIpc) is 3.48. The normalized spacial score (nSPS) is 26.0. The molecule has 3 N–H and O–H groups in total. The van der Waals surface area contributed by atoms with Crippen molar-refractivity contribution >= 4 is 53.6 Å². The summed E-state index contributed by atoms with van der Waals surface area (Å²) in [6.07, 6.45) is 4.79. The Morgan fingerprint density at radius 2 is 2.03 bits per heavy atom. The van der Waals surface area contributed by atoms with Crippen molar-refractivity contribution in [2.45, 2.75) is 44.1 Å². The summed E-state index contributed by atoms with van der Waals surface area (Å²) >= 11 is 12.5. The molecule has 2 aromatic carbocycles. The van der Waals surface area contributed by atoms with Crippen molar-refractivity contribution in [2.75, 3.05) is 57.4 Å². The minimum atomic E-state index is 0.328. The lowest BCUT2D eigenvalue weighted by Crippen LogP contribution is -2.47. The molecule has 0 spiro atoms. The van der Waals surface area contributed by atoms with Crippen LogP contribution in [0.3, 0.4) is 0 Å². The molecule has 0 amide bonds. The molecule has 1 saturated heterocycles. The van der Waals surface area contributed by atoms with Gasteiger partial charge < -0.3 is 25.8 Å². The van der Waals surface area contributed by atoms with E-state index in [0.29, 0.717) is 28.1 Å². The van der Waals surface area contributed by atoms with E-state index in [0.717, 1.165) is 62.1 Å². The van der Waals surface area contributed by atoms with Gasteiger partial charge in [-0.1, -0.05) is 41.3 Å². The number of rotatable bonds is 7. The van der Waals surface area contributed by atoms with E-state index in [9.17, 15) is 0 Å². The molecule has 192 valence electrons. The fourth-order valence-corrected chi connectivity index (χ4v) is 6.99. The number of thiocarbonyl (C=S) groups is 1. The van der Waals surface area contributed by atoms with Crippen LogP contribution in [0.1, 0.15) is 36.8 Å². The first kappa shape index (κ1) is 25.8. The van der Waals surface area contributed by atoms with Gasteiger partial charge in [0.25, 0.3) is 0 Å². The number of hydrogen-bond acceptors (Lipinski definition) is 4. The van der Waals surface area contributed by atoms with E-state index in [-0.39, 0.29) is 0 Å². The van der Waals surface area contributed by atoms with Gasteiger partial charge in [0.1, 0.15) is 7.85 Å². The molecule has 3 aliphatic rings. The van der Waals surface area contributed by atoms with Crippen molar-refractivity contribution in [2.24, 2.45) is 5.92 Å². The van der Waals surface area contributed by atoms with E-state index in [2.05, 4.69) is 59.2 Å². The van der Waals surface area contributed by atoms with Gasteiger partial charge in [-0.3, -0.25) is 0 Å². The van der Waals surface area contributed by atoms with Gasteiger partial charge in [0.2, 0.25) is 0 Å². The number of nitrogens with two attached hydrogens (primary N) is 1. The molecule has 0 bridgehead atoms. The van der Waals surface area contributed by atoms with Crippen molar-refractivity contribution < 1.29 is 0 Å². The van der Waals surface area contributed by atoms with Crippen LogP contribution in [0.15, 0.2) is 36.4 Å². The van der Waals surface area contributed by atoms with Crippen LogP contribution in [0.5, 0.6) is 0 Å². The van der Waals surface area contributed by atoms with Crippen molar-refractivity contribution in [1.82, 2.24) is 14.7 Å². The zero-order chi connectivity index (χ0) is 25.4. The molecule has 0 radical (unpaired) electrons. The Hall–Kier alpha value is -1.80. The van der Waals surface area contributed by atoms with Crippen LogP contribution >= 0.6 is 23.8 Å². The van der Waals surface area contributed by atoms with E-state index in [1.807, 2.05) is 19.1 Å². The van der Waals surface area contributed by atoms with Gasteiger partial charge in [-0.2, -0.15) is 0 Å². The SMILES string of the molecule is Bc1cccc([C@]23CCC(N(CCCN4CCN(C)CC4)C(=S)Nc4cc(Cl)c(C)cc4N)C2C3)c1. The molecule has 3 fully saturated rings. The number of benzene rings is 2. The standard InChI is InChI=1S/C28H39BClN5S/c1-19-15-24(31)25(17-23(19)30)32-27(36)35(10-4-9-34-13-11-33(2)12-14-34)26-7-8-28(18-22(26)28)20-5-3-6-21(29)16-20/h3,5-6,15-17,22,26H,4,7-14,18,29,31H2,1-2H3,(H,32,36)/t22?,26?,28-/m1/s1. The van der Waals surface area contributed by atoms with Crippen molar-refractivity contribution in [3.05, 3.63) is 52.5 Å². The second kappa shape index (κ2) is 10.5. The van der Waals surface area contributed by atoms with Gasteiger partial charge >= 0.3 is 0 Å². The quantitative estimate of drug-likeness (QED) is 0.330. The molecule has 2 aromatic rings. The molecule has 2 unspecified atom stereocenters. The number of likely N-dealkylation sites (N-methyl/N-ethyl adjacent to an activating group) is 1. The largest absolute Gasteiger partial charge is 0.397 e. The lowest BCUT2D eigenvalue weighted by molar-refractivity contribution is 0.147. The van der Waals surface area contributed by atoms with E-state index in [1.54, 1.807) is 0 Å². The first-order valence-electron chi connectivity index (χ1n) is 13.4. The Bertz CT molecular complexity index is 1120. The van der Waals surface area contributed by atoms with Gasteiger partial charge in [-0.05, 0) is 87.6 Å². The van der Waals surface area contributed by atoms with Crippen molar-refractivity contribution in [3.63, 3.8) is 0 Å². The molecule has 2 aliphatic carbocycles. The maximum Gasteiger partial charge on any atom is 0.173 e. The maximum absolute atomic E-state index is 6.42. The molecule has 1 aliphatic heterocycles. The van der Waals surface area contributed by atoms with Crippen molar-refractivity contribution in [1.29, 1.82) is 0 Å². The zero-order valence-corrected chi connectivity index (χ0v) is 23.5. The Balaban J connectivity index is 1.31. The second-order valence-electron chi connectivity index (χ2n) is 11.3. The van der Waals surface area contributed by atoms with Crippen LogP contribution in [0.2, 0.25) is 5.02 Å². The van der Waals surface area contributed by atoms with Crippen LogP contribution in [0, 0.1) is 12.8 Å². The van der Waals surface area contributed by atoms with Crippen LogP contribution in [-0.4, -0.2) is 80.0 Å². The predicted octanol–water partition coefficient (Wildman–Crippen LogP) is 3.25. The topological polar surface area (TPSA) is 47.8 Å². The molecule has 8 heteroatoms. The number of piperazine rings is 1. The number of anilines is 2. The van der Waals surface area contributed by atoms with Gasteiger partial charge in [0, 0.05) is 49.2 Å². The summed E-state index contributed by atoms with van der Waals surface area (Å²) in [4.78, 5) is 7.48. The third-order valence-electron chi connectivity index (χ3n) is 8.78. The number of aryl methyl sites for hydroxylation is 1. The van der Waals surface area contributed by atoms with Gasteiger partial charge in [-0.25, -0.2) is 0 Å². The summed E-state index contributed by atoms with van der Waals surface area (Å²) < 4.78 is 0. The highest BCUT2D eigenvalue weighted by atomic mass is 35.5. The molecular weight excluding hydrogens is 485 g/mol. The molecule has 5 nitrogen and oxygen atoms in total. The summed E-state index contributed by atoms with van der Waals surface area (Å²) in [5.74, 6) is 0.654. The van der Waals surface area contributed by atoms with Crippen LogP contribution in [0.4, 0.5) is 11.4 Å². The zero-order valence-electron chi connectivity index (χ0n) is 21.9. The minimum Gasteiger partial charge on any atom is -0.397 e. The summed E-state index contributed by atoms with van der Waals surface area (Å²) in [5, 5.41) is 4.96. The Morgan fingerprint density at radius 1 is 1.25 bits per heavy atom. The van der Waals surface area contributed by atoms with Crippen molar-refractivity contribution in [3.8, 4) is 0 Å². The number of halogens is 1. The van der Waals surface area contributed by atoms with E-state index in [1.165, 1.54) is 30.3 Å². The van der Waals surface area contributed by atoms with E-state index < -0.39 is 0 Å². The Kier molecular flexibility index (Phi) is 7.55.